The predicted molar refractivity (Wildman–Crippen MR) is 125 cm³/mol. The third-order valence-corrected chi connectivity index (χ3v) is 11.4. The summed E-state index contributed by atoms with van der Waals surface area (Å²) in [5.74, 6) is -0.236. The van der Waals surface area contributed by atoms with Crippen LogP contribution in [0.1, 0.15) is 34.1 Å². The second-order valence-electron chi connectivity index (χ2n) is 9.31. The van der Waals surface area contributed by atoms with Crippen LogP contribution in [0.15, 0.2) is 60.7 Å². The molecular weight excluding hydrogens is 408 g/mol. The highest BCUT2D eigenvalue weighted by atomic mass is 28.4. The van der Waals surface area contributed by atoms with Crippen molar-refractivity contribution >= 4 is 18.7 Å². The summed E-state index contributed by atoms with van der Waals surface area (Å²) in [6.45, 7) is 9.00. The molecule has 0 unspecified atom stereocenters. The van der Waals surface area contributed by atoms with E-state index in [1.807, 2.05) is 19.1 Å². The predicted octanol–water partition coefficient (Wildman–Crippen LogP) is 2.68. The van der Waals surface area contributed by atoms with Gasteiger partial charge in [-0.15, -0.1) is 0 Å². The summed E-state index contributed by atoms with van der Waals surface area (Å²) in [5.41, 5.74) is 0. The van der Waals surface area contributed by atoms with E-state index in [4.69, 9.17) is 13.9 Å². The molecule has 6 heteroatoms. The molecule has 3 rings (SSSR count). The van der Waals surface area contributed by atoms with Gasteiger partial charge < -0.3 is 24.1 Å². The number of benzene rings is 2. The zero-order chi connectivity index (χ0) is 22.6. The Hall–Kier alpha value is -1.54. The Bertz CT molecular complexity index is 768. The lowest BCUT2D eigenvalue weighted by molar-refractivity contribution is -0.282. The maximum atomic E-state index is 10.7. The summed E-state index contributed by atoms with van der Waals surface area (Å²) in [4.78, 5) is 0. The first-order chi connectivity index (χ1) is 14.8. The van der Waals surface area contributed by atoms with Crippen molar-refractivity contribution in [3.63, 3.8) is 0 Å². The quantitative estimate of drug-likeness (QED) is 0.643. The van der Waals surface area contributed by atoms with Crippen LogP contribution in [0.4, 0.5) is 0 Å². The molecule has 1 aliphatic rings. The van der Waals surface area contributed by atoms with Crippen LogP contribution in [0.5, 0.6) is 0 Å². The Morgan fingerprint density at radius 3 is 1.84 bits per heavy atom. The lowest BCUT2D eigenvalue weighted by Gasteiger charge is -2.46. The molecular formula is C25H36O5Si. The second-order valence-corrected chi connectivity index (χ2v) is 13.6. The largest absolute Gasteiger partial charge is 0.405 e. The SMILES string of the molecule is CC[C@@H]1[C@@H](O)[C@@H](O)[C@@H](OC)O[C@@H]1CO[Si](c1ccccc1)(c1ccccc1)C(C)(C)C. The zero-order valence-corrected chi connectivity index (χ0v) is 20.2. The van der Waals surface area contributed by atoms with Crippen LogP contribution in [-0.2, 0) is 13.9 Å². The molecule has 0 aromatic heterocycles. The molecule has 0 aliphatic carbocycles. The number of hydrogen-bond donors (Lipinski definition) is 2. The van der Waals surface area contributed by atoms with Crippen molar-refractivity contribution in [2.75, 3.05) is 13.7 Å². The Balaban J connectivity index is 2.01. The van der Waals surface area contributed by atoms with E-state index in [2.05, 4.69) is 69.3 Å². The van der Waals surface area contributed by atoms with Crippen molar-refractivity contribution < 1.29 is 24.1 Å². The van der Waals surface area contributed by atoms with Gasteiger partial charge in [0.25, 0.3) is 8.32 Å². The topological polar surface area (TPSA) is 68.2 Å². The van der Waals surface area contributed by atoms with E-state index in [0.717, 1.165) is 0 Å². The summed E-state index contributed by atoms with van der Waals surface area (Å²) in [6, 6.07) is 20.9. The fraction of sp³-hybridized carbons (Fsp3) is 0.520. The summed E-state index contributed by atoms with van der Waals surface area (Å²) in [6.07, 6.45) is -2.57. The number of rotatable bonds is 7. The van der Waals surface area contributed by atoms with Gasteiger partial charge in [0.2, 0.25) is 0 Å². The fourth-order valence-electron chi connectivity index (χ4n) is 4.82. The van der Waals surface area contributed by atoms with Gasteiger partial charge >= 0.3 is 0 Å². The first kappa shape index (κ1) is 24.1. The molecule has 1 heterocycles. The highest BCUT2D eigenvalue weighted by Crippen LogP contribution is 2.38. The van der Waals surface area contributed by atoms with Gasteiger partial charge in [-0.2, -0.15) is 0 Å². The van der Waals surface area contributed by atoms with E-state index in [-0.39, 0.29) is 17.1 Å². The van der Waals surface area contributed by atoms with Crippen LogP contribution >= 0.6 is 0 Å². The van der Waals surface area contributed by atoms with E-state index in [1.165, 1.54) is 17.5 Å². The van der Waals surface area contributed by atoms with E-state index in [1.54, 1.807) is 0 Å². The number of methoxy groups -OCH3 is 1. The number of aliphatic hydroxyl groups excluding tert-OH is 2. The molecule has 1 saturated heterocycles. The number of aliphatic hydroxyl groups is 2. The van der Waals surface area contributed by atoms with Crippen LogP contribution in [-0.4, -0.2) is 56.8 Å². The maximum absolute atomic E-state index is 10.7. The summed E-state index contributed by atoms with van der Waals surface area (Å²) in [7, 11) is -1.23. The minimum Gasteiger partial charge on any atom is -0.405 e. The molecule has 0 saturated carbocycles. The average molecular weight is 445 g/mol. The Kier molecular flexibility index (Phi) is 7.73. The summed E-state index contributed by atoms with van der Waals surface area (Å²) >= 11 is 0. The molecule has 2 aromatic carbocycles. The Morgan fingerprint density at radius 2 is 1.42 bits per heavy atom. The molecule has 1 fully saturated rings. The minimum absolute atomic E-state index is 0.148. The fourth-order valence-corrected chi connectivity index (χ4v) is 9.39. The molecule has 5 nitrogen and oxygen atoms in total. The molecule has 0 amide bonds. The van der Waals surface area contributed by atoms with E-state index in [9.17, 15) is 10.2 Å². The highest BCUT2D eigenvalue weighted by molar-refractivity contribution is 6.99. The van der Waals surface area contributed by atoms with Crippen molar-refractivity contribution in [2.45, 2.75) is 63.8 Å². The smallest absolute Gasteiger partial charge is 0.261 e. The van der Waals surface area contributed by atoms with Crippen LogP contribution in [0.25, 0.3) is 0 Å². The molecule has 0 bridgehead atoms. The van der Waals surface area contributed by atoms with Crippen molar-refractivity contribution in [1.82, 2.24) is 0 Å². The van der Waals surface area contributed by atoms with Crippen molar-refractivity contribution in [3.8, 4) is 0 Å². The molecule has 1 aliphatic heterocycles. The van der Waals surface area contributed by atoms with Crippen LogP contribution in [0, 0.1) is 5.92 Å². The van der Waals surface area contributed by atoms with Gasteiger partial charge in [0.05, 0.1) is 18.8 Å². The second kappa shape index (κ2) is 9.94. The molecule has 170 valence electrons. The third-order valence-electron chi connectivity index (χ3n) is 6.44. The van der Waals surface area contributed by atoms with Crippen LogP contribution in [0.3, 0.4) is 0 Å². The first-order valence-corrected chi connectivity index (χ1v) is 13.0. The first-order valence-electron chi connectivity index (χ1n) is 11.1. The molecule has 0 radical (unpaired) electrons. The van der Waals surface area contributed by atoms with Gasteiger partial charge in [-0.3, -0.25) is 0 Å². The standard InChI is InChI=1S/C25H36O5Si/c1-6-20-21(30-24(28-5)23(27)22(20)26)17-29-31(25(2,3)4,18-13-9-7-10-14-18)19-15-11-8-12-16-19/h7-16,20-24,26-27H,6,17H2,1-5H3/t20-,21+,22+,23+,24-/m0/s1. The molecule has 0 spiro atoms. The lowest BCUT2D eigenvalue weighted by Crippen LogP contribution is -2.67. The van der Waals surface area contributed by atoms with Gasteiger partial charge in [0.1, 0.15) is 6.10 Å². The van der Waals surface area contributed by atoms with Crippen molar-refractivity contribution in [1.29, 1.82) is 0 Å². The van der Waals surface area contributed by atoms with E-state index < -0.39 is 26.8 Å². The van der Waals surface area contributed by atoms with E-state index >= 15 is 0 Å². The molecule has 2 N–H and O–H groups in total. The number of ether oxygens (including phenoxy) is 2. The van der Waals surface area contributed by atoms with E-state index in [0.29, 0.717) is 13.0 Å². The van der Waals surface area contributed by atoms with Gasteiger partial charge in [0, 0.05) is 13.0 Å². The lowest BCUT2D eigenvalue weighted by atomic mass is 9.87. The minimum atomic E-state index is -2.71. The summed E-state index contributed by atoms with van der Waals surface area (Å²) in [5, 5.41) is 23.3. The van der Waals surface area contributed by atoms with Crippen LogP contribution < -0.4 is 10.4 Å². The Labute approximate surface area is 187 Å². The monoisotopic (exact) mass is 444 g/mol. The molecule has 2 aromatic rings. The maximum Gasteiger partial charge on any atom is 0.261 e. The van der Waals surface area contributed by atoms with Crippen molar-refractivity contribution in [3.05, 3.63) is 60.7 Å². The van der Waals surface area contributed by atoms with Crippen molar-refractivity contribution in [2.24, 2.45) is 5.92 Å². The van der Waals surface area contributed by atoms with Gasteiger partial charge in [-0.05, 0) is 21.8 Å². The normalized spacial score (nSPS) is 27.3. The van der Waals surface area contributed by atoms with Gasteiger partial charge in [-0.1, -0.05) is 88.4 Å². The number of hydrogen-bond acceptors (Lipinski definition) is 5. The molecule has 31 heavy (non-hydrogen) atoms. The highest BCUT2D eigenvalue weighted by Gasteiger charge is 2.52. The van der Waals surface area contributed by atoms with Crippen LogP contribution in [0.2, 0.25) is 5.04 Å². The average Bonchev–Trinajstić information content (AvgIpc) is 2.77. The zero-order valence-electron chi connectivity index (χ0n) is 19.2. The van der Waals surface area contributed by atoms with Gasteiger partial charge in [-0.25, -0.2) is 0 Å². The molecule has 5 atom stereocenters. The summed E-state index contributed by atoms with van der Waals surface area (Å²) < 4.78 is 18.3. The third kappa shape index (κ3) is 4.65. The Morgan fingerprint density at radius 1 is 0.903 bits per heavy atom. The van der Waals surface area contributed by atoms with Gasteiger partial charge in [0.15, 0.2) is 6.29 Å².